The molecular weight excluding hydrogens is 522 g/mol. The van der Waals surface area contributed by atoms with Gasteiger partial charge in [-0.3, -0.25) is 9.59 Å². The monoisotopic (exact) mass is 565 g/mol. The topological polar surface area (TPSA) is 123 Å². The molecule has 1 aliphatic carbocycles. The molecule has 0 radical (unpaired) electrons. The third-order valence-electron chi connectivity index (χ3n) is 6.70. The van der Waals surface area contributed by atoms with Crippen molar-refractivity contribution in [3.63, 3.8) is 0 Å². The molecular formula is C29H43NO8S. The quantitative estimate of drug-likeness (QED) is 0.126. The van der Waals surface area contributed by atoms with Crippen LogP contribution in [0.5, 0.6) is 0 Å². The predicted octanol–water partition coefficient (Wildman–Crippen LogP) is 3.74. The maximum absolute atomic E-state index is 12.5. The maximum Gasteiger partial charge on any atom is 0.412 e. The van der Waals surface area contributed by atoms with Crippen molar-refractivity contribution in [3.05, 3.63) is 47.5 Å². The lowest BCUT2D eigenvalue weighted by molar-refractivity contribution is -0.152. The van der Waals surface area contributed by atoms with Gasteiger partial charge >= 0.3 is 12.1 Å². The molecule has 1 aromatic rings. The number of thioether (sulfide) groups is 1. The number of aliphatic hydroxyl groups is 2. The first-order chi connectivity index (χ1) is 18.8. The Morgan fingerprint density at radius 3 is 2.64 bits per heavy atom. The molecule has 2 N–H and O–H groups in total. The fourth-order valence-electron chi connectivity index (χ4n) is 4.59. The van der Waals surface area contributed by atoms with Crippen molar-refractivity contribution >= 4 is 29.6 Å². The fraction of sp³-hybridized carbons (Fsp3) is 0.621. The maximum atomic E-state index is 12.5. The highest BCUT2D eigenvalue weighted by atomic mass is 32.2. The van der Waals surface area contributed by atoms with E-state index < -0.39 is 31.1 Å². The van der Waals surface area contributed by atoms with Gasteiger partial charge in [-0.15, -0.1) is 0 Å². The van der Waals surface area contributed by atoms with E-state index in [1.54, 1.807) is 31.0 Å². The van der Waals surface area contributed by atoms with E-state index in [-0.39, 0.29) is 30.5 Å². The molecule has 9 nitrogen and oxygen atoms in total. The number of rotatable bonds is 17. The number of methoxy groups -OCH3 is 1. The molecule has 0 aliphatic heterocycles. The van der Waals surface area contributed by atoms with E-state index in [0.717, 1.165) is 22.6 Å². The molecule has 10 heteroatoms. The van der Waals surface area contributed by atoms with Gasteiger partial charge in [-0.05, 0) is 49.3 Å². The predicted molar refractivity (Wildman–Crippen MR) is 150 cm³/mol. The third-order valence-corrected chi connectivity index (χ3v) is 7.80. The average molecular weight is 566 g/mol. The zero-order valence-electron chi connectivity index (χ0n) is 23.3. The summed E-state index contributed by atoms with van der Waals surface area (Å²) >= 11 is 1.64. The highest BCUT2D eigenvalue weighted by Crippen LogP contribution is 2.34. The molecule has 0 aromatic heterocycles. The van der Waals surface area contributed by atoms with Crippen molar-refractivity contribution in [2.24, 2.45) is 11.8 Å². The number of aliphatic hydroxyl groups excluding tert-OH is 2. The van der Waals surface area contributed by atoms with Crippen LogP contribution >= 0.6 is 11.8 Å². The molecule has 0 unspecified atom stereocenters. The van der Waals surface area contributed by atoms with Crippen LogP contribution in [0.1, 0.15) is 50.7 Å². The Kier molecular flexibility index (Phi) is 15.2. The van der Waals surface area contributed by atoms with Crippen molar-refractivity contribution in [2.45, 2.75) is 64.8 Å². The molecule has 1 aromatic carbocycles. The van der Waals surface area contributed by atoms with Gasteiger partial charge in [0.05, 0.1) is 18.8 Å². The molecule has 1 fully saturated rings. The van der Waals surface area contributed by atoms with Gasteiger partial charge in [0.1, 0.15) is 5.78 Å². The minimum atomic E-state index is -0.744. The number of hydrogen-bond donors (Lipinski definition) is 2. The number of esters is 1. The van der Waals surface area contributed by atoms with Gasteiger partial charge in [0.2, 0.25) is 6.79 Å². The van der Waals surface area contributed by atoms with Gasteiger partial charge in [-0.25, -0.2) is 4.79 Å². The summed E-state index contributed by atoms with van der Waals surface area (Å²) in [7, 11) is 1.64. The summed E-state index contributed by atoms with van der Waals surface area (Å²) < 4.78 is 15.0. The molecule has 1 aliphatic rings. The summed E-state index contributed by atoms with van der Waals surface area (Å²) in [4.78, 5) is 37.5. The lowest BCUT2D eigenvalue weighted by Crippen LogP contribution is -2.31. The molecule has 39 heavy (non-hydrogen) atoms. The molecule has 0 spiro atoms. The fourth-order valence-corrected chi connectivity index (χ4v) is 5.57. The summed E-state index contributed by atoms with van der Waals surface area (Å²) in [5, 5.41) is 20.9. The Morgan fingerprint density at radius 2 is 1.92 bits per heavy atom. The number of carbonyl (C=O) groups excluding carboxylic acids is 3. The smallest absolute Gasteiger partial charge is 0.412 e. The molecule has 1 saturated carbocycles. The van der Waals surface area contributed by atoms with Crippen LogP contribution in [0.3, 0.4) is 0 Å². The van der Waals surface area contributed by atoms with Gasteiger partial charge in [0, 0.05) is 51.3 Å². The zero-order valence-corrected chi connectivity index (χ0v) is 24.1. The standard InChI is InChI=1S/C29H43NO8S/c1-4-30(5-2)29(35)38-20-37-28(34)10-7-14-39-15-13-25-24(26(32)18-27(25)33)12-11-23(31)17-21-8-6-9-22(16-21)19-36-3/h6,8-9,11-12,16,23-26,31-32H,4-5,7,10,13-15,17-20H2,1-3H3/b12-11+/t23-,24-,25-,26-/m1/s1. The van der Waals surface area contributed by atoms with Gasteiger partial charge in [-0.1, -0.05) is 36.4 Å². The van der Waals surface area contributed by atoms with E-state index >= 15 is 0 Å². The van der Waals surface area contributed by atoms with Crippen molar-refractivity contribution in [2.75, 3.05) is 38.5 Å². The molecule has 4 atom stereocenters. The average Bonchev–Trinajstić information content (AvgIpc) is 3.17. The first-order valence-electron chi connectivity index (χ1n) is 13.6. The van der Waals surface area contributed by atoms with Gasteiger partial charge in [-0.2, -0.15) is 11.8 Å². The number of Topliss-reactive ketones (excluding diaryl/α,β-unsaturated/α-hetero) is 1. The second-order valence-electron chi connectivity index (χ2n) is 9.55. The Morgan fingerprint density at radius 1 is 1.18 bits per heavy atom. The number of ketones is 1. The van der Waals surface area contributed by atoms with Crippen LogP contribution in [-0.2, 0) is 36.8 Å². The van der Waals surface area contributed by atoms with E-state index in [1.807, 2.05) is 38.1 Å². The van der Waals surface area contributed by atoms with Crippen LogP contribution < -0.4 is 0 Å². The van der Waals surface area contributed by atoms with Crippen LogP contribution in [0.2, 0.25) is 0 Å². The van der Waals surface area contributed by atoms with Crippen LogP contribution in [0, 0.1) is 11.8 Å². The Bertz CT molecular complexity index is 936. The van der Waals surface area contributed by atoms with Crippen LogP contribution in [0.4, 0.5) is 4.79 Å². The van der Waals surface area contributed by atoms with Gasteiger partial charge in [0.15, 0.2) is 0 Å². The Hall–Kier alpha value is -2.40. The summed E-state index contributed by atoms with van der Waals surface area (Å²) in [5.41, 5.74) is 2.02. The Balaban J connectivity index is 1.68. The zero-order chi connectivity index (χ0) is 28.6. The van der Waals surface area contributed by atoms with Crippen molar-refractivity contribution in [1.82, 2.24) is 4.90 Å². The highest BCUT2D eigenvalue weighted by Gasteiger charge is 2.39. The number of carbonyl (C=O) groups is 3. The van der Waals surface area contributed by atoms with E-state index in [4.69, 9.17) is 14.2 Å². The molecule has 0 saturated heterocycles. The van der Waals surface area contributed by atoms with Crippen LogP contribution in [0.15, 0.2) is 36.4 Å². The van der Waals surface area contributed by atoms with Gasteiger partial charge < -0.3 is 29.3 Å². The second-order valence-corrected chi connectivity index (χ2v) is 10.8. The molecule has 218 valence electrons. The molecule has 0 bridgehead atoms. The van der Waals surface area contributed by atoms with Crippen LogP contribution in [0.25, 0.3) is 0 Å². The minimum absolute atomic E-state index is 0.0438. The first kappa shape index (κ1) is 32.8. The van der Waals surface area contributed by atoms with E-state index in [2.05, 4.69) is 0 Å². The largest absolute Gasteiger partial charge is 0.428 e. The first-order valence-corrected chi connectivity index (χ1v) is 14.7. The van der Waals surface area contributed by atoms with Gasteiger partial charge in [0.25, 0.3) is 0 Å². The lowest BCUT2D eigenvalue weighted by atomic mass is 9.91. The van der Waals surface area contributed by atoms with E-state index in [1.165, 1.54) is 4.90 Å². The molecule has 1 amide bonds. The summed E-state index contributed by atoms with van der Waals surface area (Å²) in [6, 6.07) is 7.85. The van der Waals surface area contributed by atoms with Crippen molar-refractivity contribution in [1.29, 1.82) is 0 Å². The van der Waals surface area contributed by atoms with Crippen LogP contribution in [-0.4, -0.2) is 83.7 Å². The summed E-state index contributed by atoms with van der Waals surface area (Å²) in [6.45, 7) is 4.84. The van der Waals surface area contributed by atoms with Crippen molar-refractivity contribution in [3.8, 4) is 0 Å². The number of hydrogen-bond acceptors (Lipinski definition) is 9. The number of ether oxygens (including phenoxy) is 3. The van der Waals surface area contributed by atoms with E-state index in [9.17, 15) is 24.6 Å². The third kappa shape index (κ3) is 11.7. The Labute approximate surface area is 235 Å². The number of amides is 1. The molecule has 2 rings (SSSR count). The number of benzene rings is 1. The van der Waals surface area contributed by atoms with Crippen molar-refractivity contribution < 1.29 is 38.8 Å². The minimum Gasteiger partial charge on any atom is -0.428 e. The molecule has 0 heterocycles. The second kappa shape index (κ2) is 18.0. The number of nitrogens with zero attached hydrogens (tertiary/aromatic N) is 1. The SMILES string of the molecule is CCN(CC)C(=O)OCOC(=O)CCCSCC[C@H]1C(=O)C[C@@H](O)[C@@H]1/C=C/[C@@H](O)Cc1cccc(COC)c1. The highest BCUT2D eigenvalue weighted by molar-refractivity contribution is 7.99. The lowest BCUT2D eigenvalue weighted by Gasteiger charge is -2.18. The summed E-state index contributed by atoms with van der Waals surface area (Å²) in [6.07, 6.45) is 3.51. The van der Waals surface area contributed by atoms with E-state index in [0.29, 0.717) is 39.0 Å². The summed E-state index contributed by atoms with van der Waals surface area (Å²) in [5.74, 6) is 0.458. The normalized spacial score (nSPS) is 19.8.